The number of fused-ring (bicyclic) bond motifs is 1. The van der Waals surface area contributed by atoms with Crippen LogP contribution in [-0.2, 0) is 9.53 Å². The molecule has 1 atom stereocenters. The number of carbonyl (C=O) groups excluding carboxylic acids is 3. The predicted octanol–water partition coefficient (Wildman–Crippen LogP) is 2.64. The second kappa shape index (κ2) is 8.46. The van der Waals surface area contributed by atoms with E-state index in [2.05, 4.69) is 15.8 Å². The Kier molecular flexibility index (Phi) is 6.00. The summed E-state index contributed by atoms with van der Waals surface area (Å²) in [5.74, 6) is -1.25. The van der Waals surface area contributed by atoms with Crippen molar-refractivity contribution in [2.24, 2.45) is 5.92 Å². The van der Waals surface area contributed by atoms with Crippen molar-refractivity contribution in [1.29, 1.82) is 0 Å². The maximum absolute atomic E-state index is 12.5. The SMILES string of the molecule is CC(C)(C)OC(=O)N1CCCC(C(=O)NNC(=O)c2ccc3ccccc3n2)C1. The van der Waals surface area contributed by atoms with Crippen LogP contribution < -0.4 is 10.9 Å². The summed E-state index contributed by atoms with van der Waals surface area (Å²) in [5, 5.41) is 0.928. The van der Waals surface area contributed by atoms with Gasteiger partial charge >= 0.3 is 6.09 Å². The minimum absolute atomic E-state index is 0.211. The van der Waals surface area contributed by atoms with Crippen LogP contribution in [0.1, 0.15) is 44.1 Å². The molecular weight excluding hydrogens is 372 g/mol. The van der Waals surface area contributed by atoms with Crippen LogP contribution in [0.2, 0.25) is 0 Å². The maximum Gasteiger partial charge on any atom is 0.410 e. The summed E-state index contributed by atoms with van der Waals surface area (Å²) in [5.41, 5.74) is 5.18. The Morgan fingerprint density at radius 1 is 1.10 bits per heavy atom. The molecule has 0 spiro atoms. The molecular formula is C21H26N4O4. The molecule has 3 rings (SSSR count). The largest absolute Gasteiger partial charge is 0.444 e. The molecule has 0 bridgehead atoms. The summed E-state index contributed by atoms with van der Waals surface area (Å²) in [4.78, 5) is 42.9. The van der Waals surface area contributed by atoms with Crippen LogP contribution in [0.4, 0.5) is 4.79 Å². The fourth-order valence-electron chi connectivity index (χ4n) is 3.16. The van der Waals surface area contributed by atoms with Gasteiger partial charge in [-0.05, 0) is 45.7 Å². The number of carbonyl (C=O) groups is 3. The number of aromatic nitrogens is 1. The molecule has 8 nitrogen and oxygen atoms in total. The lowest BCUT2D eigenvalue weighted by molar-refractivity contribution is -0.127. The summed E-state index contributed by atoms with van der Waals surface area (Å²) in [7, 11) is 0. The van der Waals surface area contributed by atoms with Crippen molar-refractivity contribution in [3.8, 4) is 0 Å². The van der Waals surface area contributed by atoms with E-state index in [4.69, 9.17) is 4.74 Å². The van der Waals surface area contributed by atoms with Gasteiger partial charge < -0.3 is 9.64 Å². The Labute approximate surface area is 169 Å². The number of ether oxygens (including phenoxy) is 1. The highest BCUT2D eigenvalue weighted by Gasteiger charge is 2.31. The normalized spacial score (nSPS) is 16.9. The smallest absolute Gasteiger partial charge is 0.410 e. The molecule has 0 saturated carbocycles. The van der Waals surface area contributed by atoms with Gasteiger partial charge in [0.25, 0.3) is 5.91 Å². The Balaban J connectivity index is 1.55. The lowest BCUT2D eigenvalue weighted by Crippen LogP contribution is -2.50. The molecule has 1 fully saturated rings. The quantitative estimate of drug-likeness (QED) is 0.758. The van der Waals surface area contributed by atoms with Crippen LogP contribution in [0.5, 0.6) is 0 Å². The summed E-state index contributed by atoms with van der Waals surface area (Å²) in [6, 6.07) is 10.9. The van der Waals surface area contributed by atoms with Crippen molar-refractivity contribution >= 4 is 28.8 Å². The molecule has 3 amide bonds. The number of nitrogens with one attached hydrogen (secondary N) is 2. The highest BCUT2D eigenvalue weighted by atomic mass is 16.6. The molecule has 2 heterocycles. The summed E-state index contributed by atoms with van der Waals surface area (Å²) >= 11 is 0. The molecule has 8 heteroatoms. The van der Waals surface area contributed by atoms with Gasteiger partial charge in [-0.1, -0.05) is 24.3 Å². The van der Waals surface area contributed by atoms with Crippen molar-refractivity contribution < 1.29 is 19.1 Å². The van der Waals surface area contributed by atoms with E-state index in [0.29, 0.717) is 24.9 Å². The predicted molar refractivity (Wildman–Crippen MR) is 108 cm³/mol. The molecule has 0 aliphatic carbocycles. The van der Waals surface area contributed by atoms with E-state index in [1.54, 1.807) is 32.9 Å². The van der Waals surface area contributed by atoms with Gasteiger partial charge in [0.15, 0.2) is 0 Å². The number of nitrogens with zero attached hydrogens (tertiary/aromatic N) is 2. The minimum atomic E-state index is -0.590. The van der Waals surface area contributed by atoms with Gasteiger partial charge in [0, 0.05) is 18.5 Å². The van der Waals surface area contributed by atoms with Gasteiger partial charge in [0.05, 0.1) is 11.4 Å². The van der Waals surface area contributed by atoms with Gasteiger partial charge in [-0.3, -0.25) is 20.4 Å². The molecule has 1 aliphatic heterocycles. The highest BCUT2D eigenvalue weighted by molar-refractivity contribution is 5.96. The van der Waals surface area contributed by atoms with Gasteiger partial charge in [0.2, 0.25) is 5.91 Å². The first-order chi connectivity index (χ1) is 13.7. The zero-order chi connectivity index (χ0) is 21.0. The molecule has 2 N–H and O–H groups in total. The first-order valence-electron chi connectivity index (χ1n) is 9.67. The van der Waals surface area contributed by atoms with Crippen LogP contribution in [0.25, 0.3) is 10.9 Å². The molecule has 1 aromatic carbocycles. The lowest BCUT2D eigenvalue weighted by Gasteiger charge is -2.33. The molecule has 1 aliphatic rings. The van der Waals surface area contributed by atoms with Gasteiger partial charge in [-0.2, -0.15) is 0 Å². The number of likely N-dealkylation sites (tertiary alicyclic amines) is 1. The maximum atomic E-state index is 12.5. The zero-order valence-electron chi connectivity index (χ0n) is 16.9. The van der Waals surface area contributed by atoms with E-state index in [1.807, 2.05) is 24.3 Å². The number of para-hydroxylation sites is 1. The van der Waals surface area contributed by atoms with Crippen molar-refractivity contribution in [2.75, 3.05) is 13.1 Å². The third kappa shape index (κ3) is 5.43. The number of hydrogen-bond acceptors (Lipinski definition) is 5. The topological polar surface area (TPSA) is 101 Å². The number of benzene rings is 1. The Morgan fingerprint density at radius 3 is 2.62 bits per heavy atom. The average molecular weight is 398 g/mol. The number of piperidine rings is 1. The Morgan fingerprint density at radius 2 is 1.86 bits per heavy atom. The average Bonchev–Trinajstić information content (AvgIpc) is 2.70. The first-order valence-corrected chi connectivity index (χ1v) is 9.67. The molecule has 154 valence electrons. The number of rotatable bonds is 2. The second-order valence-electron chi connectivity index (χ2n) is 8.10. The zero-order valence-corrected chi connectivity index (χ0v) is 16.9. The third-order valence-corrected chi connectivity index (χ3v) is 4.57. The summed E-state index contributed by atoms with van der Waals surface area (Å²) in [6.45, 7) is 6.21. The van der Waals surface area contributed by atoms with Crippen molar-refractivity contribution in [3.05, 3.63) is 42.1 Å². The van der Waals surface area contributed by atoms with Crippen molar-refractivity contribution in [2.45, 2.75) is 39.2 Å². The van der Waals surface area contributed by atoms with Gasteiger partial charge in [-0.15, -0.1) is 0 Å². The van der Waals surface area contributed by atoms with E-state index in [1.165, 1.54) is 4.90 Å². The summed E-state index contributed by atoms with van der Waals surface area (Å²) in [6.07, 6.45) is 0.895. The van der Waals surface area contributed by atoms with Gasteiger partial charge in [-0.25, -0.2) is 9.78 Å². The third-order valence-electron chi connectivity index (χ3n) is 4.57. The number of amides is 3. The highest BCUT2D eigenvalue weighted by Crippen LogP contribution is 2.19. The fourth-order valence-corrected chi connectivity index (χ4v) is 3.16. The number of hydrogen-bond donors (Lipinski definition) is 2. The van der Waals surface area contributed by atoms with E-state index >= 15 is 0 Å². The number of hydrazine groups is 1. The van der Waals surface area contributed by atoms with Crippen LogP contribution in [0, 0.1) is 5.92 Å². The van der Waals surface area contributed by atoms with E-state index in [0.717, 1.165) is 5.39 Å². The standard InChI is InChI=1S/C21H26N4O4/c1-21(2,3)29-20(28)25-12-6-8-15(13-25)18(26)23-24-19(27)17-11-10-14-7-4-5-9-16(14)22-17/h4-5,7,9-11,15H,6,8,12-13H2,1-3H3,(H,23,26)(H,24,27). The molecule has 0 radical (unpaired) electrons. The molecule has 29 heavy (non-hydrogen) atoms. The van der Waals surface area contributed by atoms with Crippen molar-refractivity contribution in [3.63, 3.8) is 0 Å². The van der Waals surface area contributed by atoms with E-state index in [-0.39, 0.29) is 18.1 Å². The van der Waals surface area contributed by atoms with Crippen LogP contribution in [0.3, 0.4) is 0 Å². The first kappa shape index (κ1) is 20.6. The van der Waals surface area contributed by atoms with Crippen LogP contribution in [-0.4, -0.2) is 46.5 Å². The van der Waals surface area contributed by atoms with Gasteiger partial charge in [0.1, 0.15) is 11.3 Å². The van der Waals surface area contributed by atoms with Crippen LogP contribution >= 0.6 is 0 Å². The second-order valence-corrected chi connectivity index (χ2v) is 8.10. The number of pyridine rings is 1. The van der Waals surface area contributed by atoms with E-state index < -0.39 is 23.5 Å². The Bertz CT molecular complexity index is 922. The van der Waals surface area contributed by atoms with Crippen molar-refractivity contribution in [1.82, 2.24) is 20.7 Å². The molecule has 1 unspecified atom stereocenters. The fraction of sp³-hybridized carbons (Fsp3) is 0.429. The van der Waals surface area contributed by atoms with Crippen LogP contribution in [0.15, 0.2) is 36.4 Å². The Hall–Kier alpha value is -3.16. The van der Waals surface area contributed by atoms with E-state index in [9.17, 15) is 14.4 Å². The minimum Gasteiger partial charge on any atom is -0.444 e. The monoisotopic (exact) mass is 398 g/mol. The molecule has 2 aromatic rings. The lowest BCUT2D eigenvalue weighted by atomic mass is 9.98. The molecule has 1 saturated heterocycles. The summed E-state index contributed by atoms with van der Waals surface area (Å²) < 4.78 is 5.37. The molecule has 1 aromatic heterocycles.